The maximum absolute atomic E-state index is 8.83. The Balaban J connectivity index is 2.17. The van der Waals surface area contributed by atoms with Gasteiger partial charge < -0.3 is 10.5 Å². The number of nitriles is 1. The number of ether oxygens (including phenoxy) is 1. The lowest BCUT2D eigenvalue weighted by molar-refractivity contribution is 0.306. The molecule has 0 bridgehead atoms. The molecule has 2 aromatic rings. The van der Waals surface area contributed by atoms with Gasteiger partial charge in [0.1, 0.15) is 6.61 Å². The number of halogens is 2. The molecule has 0 unspecified atom stereocenters. The first kappa shape index (κ1) is 13.7. The van der Waals surface area contributed by atoms with E-state index in [-0.39, 0.29) is 0 Å². The minimum Gasteiger partial charge on any atom is -0.486 e. The van der Waals surface area contributed by atoms with Crippen molar-refractivity contribution >= 4 is 33.2 Å². The number of hydrogen-bond donors (Lipinski definition) is 1. The maximum Gasteiger partial charge on any atom is 0.156 e. The van der Waals surface area contributed by atoms with Crippen LogP contribution in [0.5, 0.6) is 5.75 Å². The van der Waals surface area contributed by atoms with Gasteiger partial charge in [0.05, 0.1) is 21.8 Å². The molecule has 19 heavy (non-hydrogen) atoms. The van der Waals surface area contributed by atoms with Gasteiger partial charge in [-0.25, -0.2) is 0 Å². The van der Waals surface area contributed by atoms with E-state index in [1.165, 1.54) is 0 Å². The van der Waals surface area contributed by atoms with Gasteiger partial charge in [0.25, 0.3) is 0 Å². The lowest BCUT2D eigenvalue weighted by atomic mass is 10.1. The van der Waals surface area contributed by atoms with Crippen LogP contribution in [0.2, 0.25) is 5.02 Å². The number of hydrogen-bond acceptors (Lipinski definition) is 3. The van der Waals surface area contributed by atoms with Gasteiger partial charge in [-0.1, -0.05) is 23.7 Å². The lowest BCUT2D eigenvalue weighted by Gasteiger charge is -2.11. The number of rotatable bonds is 3. The van der Waals surface area contributed by atoms with Crippen LogP contribution < -0.4 is 10.5 Å². The second kappa shape index (κ2) is 5.96. The molecule has 3 nitrogen and oxygen atoms in total. The SMILES string of the molecule is N#Cc1cccc(COc2c(N)cc(Cl)cc2Br)c1. The first-order chi connectivity index (χ1) is 9.10. The molecule has 0 saturated heterocycles. The number of anilines is 1. The highest BCUT2D eigenvalue weighted by Crippen LogP contribution is 2.35. The van der Waals surface area contributed by atoms with Gasteiger partial charge in [0.2, 0.25) is 0 Å². The van der Waals surface area contributed by atoms with E-state index in [9.17, 15) is 0 Å². The smallest absolute Gasteiger partial charge is 0.156 e. The summed E-state index contributed by atoms with van der Waals surface area (Å²) >= 11 is 9.24. The zero-order valence-corrected chi connectivity index (χ0v) is 12.2. The summed E-state index contributed by atoms with van der Waals surface area (Å²) in [6.07, 6.45) is 0. The number of nitrogen functional groups attached to an aromatic ring is 1. The van der Waals surface area contributed by atoms with Crippen LogP contribution in [0.25, 0.3) is 0 Å². The molecule has 0 fully saturated rings. The zero-order chi connectivity index (χ0) is 13.8. The lowest BCUT2D eigenvalue weighted by Crippen LogP contribution is -2.00. The molecule has 0 aromatic heterocycles. The first-order valence-corrected chi connectivity index (χ1v) is 6.63. The summed E-state index contributed by atoms with van der Waals surface area (Å²) in [6.45, 7) is 0.333. The molecule has 0 aliphatic rings. The van der Waals surface area contributed by atoms with Crippen molar-refractivity contribution in [3.8, 4) is 11.8 Å². The summed E-state index contributed by atoms with van der Waals surface area (Å²) in [6, 6.07) is 12.7. The predicted molar refractivity (Wildman–Crippen MR) is 79.1 cm³/mol. The summed E-state index contributed by atoms with van der Waals surface area (Å²) in [5.74, 6) is 0.548. The minimum absolute atomic E-state index is 0.333. The van der Waals surface area contributed by atoms with Gasteiger partial charge in [-0.05, 0) is 45.8 Å². The molecule has 0 aliphatic heterocycles. The van der Waals surface area contributed by atoms with E-state index >= 15 is 0 Å². The molecule has 2 rings (SSSR count). The van der Waals surface area contributed by atoms with E-state index in [0.29, 0.717) is 33.1 Å². The molecule has 0 aliphatic carbocycles. The molecule has 0 heterocycles. The molecule has 2 N–H and O–H groups in total. The molecule has 0 radical (unpaired) electrons. The summed E-state index contributed by atoms with van der Waals surface area (Å²) in [7, 11) is 0. The van der Waals surface area contributed by atoms with E-state index in [1.54, 1.807) is 24.3 Å². The van der Waals surface area contributed by atoms with Crippen LogP contribution in [0.15, 0.2) is 40.9 Å². The Labute approximate surface area is 124 Å². The van der Waals surface area contributed by atoms with Crippen molar-refractivity contribution in [2.24, 2.45) is 0 Å². The largest absolute Gasteiger partial charge is 0.486 e. The third kappa shape index (κ3) is 3.40. The van der Waals surface area contributed by atoms with Gasteiger partial charge in [-0.15, -0.1) is 0 Å². The molecule has 0 saturated carbocycles. The fourth-order valence-corrected chi connectivity index (χ4v) is 2.57. The van der Waals surface area contributed by atoms with Crippen molar-refractivity contribution in [2.45, 2.75) is 6.61 Å². The van der Waals surface area contributed by atoms with Crippen molar-refractivity contribution in [3.63, 3.8) is 0 Å². The molecule has 0 spiro atoms. The molecule has 0 atom stereocenters. The van der Waals surface area contributed by atoms with E-state index < -0.39 is 0 Å². The van der Waals surface area contributed by atoms with E-state index in [2.05, 4.69) is 22.0 Å². The topological polar surface area (TPSA) is 59.0 Å². The van der Waals surface area contributed by atoms with Crippen molar-refractivity contribution in [3.05, 3.63) is 57.0 Å². The van der Waals surface area contributed by atoms with Crippen LogP contribution >= 0.6 is 27.5 Å². The molecular weight excluding hydrogens is 328 g/mol. The van der Waals surface area contributed by atoms with Crippen LogP contribution in [0.3, 0.4) is 0 Å². The maximum atomic E-state index is 8.83. The highest BCUT2D eigenvalue weighted by atomic mass is 79.9. The Hall–Kier alpha value is -1.70. The summed E-state index contributed by atoms with van der Waals surface area (Å²) in [4.78, 5) is 0. The van der Waals surface area contributed by atoms with Gasteiger partial charge >= 0.3 is 0 Å². The Morgan fingerprint density at radius 1 is 1.32 bits per heavy atom. The normalized spacial score (nSPS) is 9.95. The number of nitrogens with zero attached hydrogens (tertiary/aromatic N) is 1. The highest BCUT2D eigenvalue weighted by molar-refractivity contribution is 9.10. The Morgan fingerprint density at radius 2 is 2.11 bits per heavy atom. The summed E-state index contributed by atoms with van der Waals surface area (Å²) in [5.41, 5.74) is 7.82. The highest BCUT2D eigenvalue weighted by Gasteiger charge is 2.08. The Bertz CT molecular complexity index is 629. The number of nitrogens with two attached hydrogens (primary N) is 1. The quantitative estimate of drug-likeness (QED) is 0.856. The van der Waals surface area contributed by atoms with Crippen molar-refractivity contribution in [2.75, 3.05) is 5.73 Å². The predicted octanol–water partition coefficient (Wildman–Crippen LogP) is 4.14. The zero-order valence-electron chi connectivity index (χ0n) is 9.86. The third-order valence-electron chi connectivity index (χ3n) is 2.48. The van der Waals surface area contributed by atoms with Crippen LogP contribution in [-0.2, 0) is 6.61 Å². The average molecular weight is 338 g/mol. The second-order valence-corrected chi connectivity index (χ2v) is 5.20. The van der Waals surface area contributed by atoms with Gasteiger partial charge in [0, 0.05) is 5.02 Å². The molecule has 0 amide bonds. The minimum atomic E-state index is 0.333. The fraction of sp³-hybridized carbons (Fsp3) is 0.0714. The number of benzene rings is 2. The van der Waals surface area contributed by atoms with Crippen LogP contribution in [0.4, 0.5) is 5.69 Å². The molecular formula is C14H10BrClN2O. The standard InChI is InChI=1S/C14H10BrClN2O/c15-12-5-11(16)6-13(18)14(12)19-8-10-3-1-2-9(4-10)7-17/h1-6H,8,18H2. The Morgan fingerprint density at radius 3 is 2.79 bits per heavy atom. The van der Waals surface area contributed by atoms with Crippen LogP contribution in [0, 0.1) is 11.3 Å². The average Bonchev–Trinajstić information content (AvgIpc) is 2.37. The Kier molecular flexibility index (Phi) is 4.31. The second-order valence-electron chi connectivity index (χ2n) is 3.91. The summed E-state index contributed by atoms with van der Waals surface area (Å²) in [5, 5.41) is 9.38. The van der Waals surface area contributed by atoms with E-state index in [0.717, 1.165) is 5.56 Å². The van der Waals surface area contributed by atoms with E-state index in [4.69, 9.17) is 27.3 Å². The van der Waals surface area contributed by atoms with Crippen molar-refractivity contribution in [1.29, 1.82) is 5.26 Å². The monoisotopic (exact) mass is 336 g/mol. The molecule has 2 aromatic carbocycles. The van der Waals surface area contributed by atoms with Crippen molar-refractivity contribution < 1.29 is 4.74 Å². The van der Waals surface area contributed by atoms with Crippen LogP contribution in [0.1, 0.15) is 11.1 Å². The molecule has 5 heteroatoms. The van der Waals surface area contributed by atoms with Gasteiger partial charge in [-0.2, -0.15) is 5.26 Å². The van der Waals surface area contributed by atoms with Gasteiger partial charge in [0.15, 0.2) is 5.75 Å². The van der Waals surface area contributed by atoms with Crippen LogP contribution in [-0.4, -0.2) is 0 Å². The molecule has 96 valence electrons. The third-order valence-corrected chi connectivity index (χ3v) is 3.28. The van der Waals surface area contributed by atoms with Crippen molar-refractivity contribution in [1.82, 2.24) is 0 Å². The first-order valence-electron chi connectivity index (χ1n) is 5.46. The van der Waals surface area contributed by atoms with E-state index in [1.807, 2.05) is 12.1 Å². The fourth-order valence-electron chi connectivity index (χ4n) is 1.62. The summed E-state index contributed by atoms with van der Waals surface area (Å²) < 4.78 is 6.37. The van der Waals surface area contributed by atoms with Gasteiger partial charge in [-0.3, -0.25) is 0 Å².